The fraction of sp³-hybridized carbons (Fsp3) is 0.250. The Bertz CT molecular complexity index is 501. The van der Waals surface area contributed by atoms with E-state index in [-0.39, 0.29) is 17.4 Å². The summed E-state index contributed by atoms with van der Waals surface area (Å²) >= 11 is 0. The largest absolute Gasteiger partial charge is 0.478 e. The molecule has 1 unspecified atom stereocenters. The number of terminal acetylenes is 1. The second-order valence-corrected chi connectivity index (χ2v) is 3.78. The topological polar surface area (TPSA) is 70.5 Å². The van der Waals surface area contributed by atoms with E-state index in [1.807, 2.05) is 0 Å². The second-order valence-electron chi connectivity index (χ2n) is 3.78. The van der Waals surface area contributed by atoms with Gasteiger partial charge in [0.25, 0.3) is 0 Å². The first-order valence-corrected chi connectivity index (χ1v) is 5.07. The highest BCUT2D eigenvalue weighted by Crippen LogP contribution is 2.22. The highest BCUT2D eigenvalue weighted by molar-refractivity contribution is 5.95. The summed E-state index contributed by atoms with van der Waals surface area (Å²) in [6.45, 7) is 0.439. The van der Waals surface area contributed by atoms with Crippen molar-refractivity contribution in [2.24, 2.45) is 5.92 Å². The maximum Gasteiger partial charge on any atom is 0.337 e. The lowest BCUT2D eigenvalue weighted by atomic mass is 10.1. The number of aromatic nitrogens is 1. The molecule has 0 spiro atoms. The summed E-state index contributed by atoms with van der Waals surface area (Å²) in [5, 5.41) is 8.73. The average Bonchev–Trinajstić information content (AvgIpc) is 2.71. The molecule has 86 valence electrons. The van der Waals surface area contributed by atoms with Gasteiger partial charge in [-0.05, 0) is 12.1 Å². The maximum atomic E-state index is 11.6. The number of hydrogen-bond donors (Lipinski definition) is 1. The first kappa shape index (κ1) is 11.1. The molecule has 2 rings (SSSR count). The lowest BCUT2D eigenvalue weighted by molar-refractivity contribution is -0.117. The second kappa shape index (κ2) is 4.26. The third-order valence-electron chi connectivity index (χ3n) is 2.63. The van der Waals surface area contributed by atoms with Crippen molar-refractivity contribution in [3.05, 3.63) is 23.9 Å². The molecule has 1 aromatic rings. The van der Waals surface area contributed by atoms with Gasteiger partial charge in [-0.15, -0.1) is 12.3 Å². The Morgan fingerprint density at radius 1 is 1.59 bits per heavy atom. The van der Waals surface area contributed by atoms with Crippen LogP contribution < -0.4 is 4.90 Å². The molecule has 2 heterocycles. The van der Waals surface area contributed by atoms with Gasteiger partial charge < -0.3 is 5.11 Å². The Hall–Kier alpha value is -2.35. The minimum Gasteiger partial charge on any atom is -0.478 e. The molecule has 1 aromatic heterocycles. The summed E-state index contributed by atoms with van der Waals surface area (Å²) in [6.07, 6.45) is 6.82. The number of aromatic carboxylic acids is 1. The van der Waals surface area contributed by atoms with E-state index in [0.717, 1.165) is 0 Å². The number of hydrogen-bond acceptors (Lipinski definition) is 3. The van der Waals surface area contributed by atoms with Gasteiger partial charge in [-0.1, -0.05) is 0 Å². The van der Waals surface area contributed by atoms with Crippen LogP contribution in [-0.2, 0) is 4.79 Å². The van der Waals surface area contributed by atoms with Gasteiger partial charge in [-0.3, -0.25) is 9.69 Å². The van der Waals surface area contributed by atoms with Crippen LogP contribution in [0, 0.1) is 18.3 Å². The molecule has 0 bridgehead atoms. The van der Waals surface area contributed by atoms with Crippen molar-refractivity contribution >= 4 is 17.7 Å². The van der Waals surface area contributed by atoms with Crippen molar-refractivity contribution in [3.8, 4) is 12.3 Å². The van der Waals surface area contributed by atoms with Gasteiger partial charge in [0.2, 0.25) is 5.91 Å². The van der Waals surface area contributed by atoms with Crippen LogP contribution in [0.25, 0.3) is 0 Å². The number of nitrogens with zero attached hydrogens (tertiary/aromatic N) is 2. The minimum absolute atomic E-state index is 0.0801. The van der Waals surface area contributed by atoms with Crippen molar-refractivity contribution in [3.63, 3.8) is 0 Å². The molecule has 1 N–H and O–H groups in total. The molecule has 1 aliphatic rings. The molecule has 1 amide bonds. The van der Waals surface area contributed by atoms with Gasteiger partial charge >= 0.3 is 5.97 Å². The average molecular weight is 230 g/mol. The number of pyridine rings is 1. The van der Waals surface area contributed by atoms with Crippen molar-refractivity contribution in [2.75, 3.05) is 11.4 Å². The van der Waals surface area contributed by atoms with Crippen LogP contribution in [0.5, 0.6) is 0 Å². The molecule has 1 saturated heterocycles. The fourth-order valence-electron chi connectivity index (χ4n) is 1.71. The third kappa shape index (κ3) is 2.11. The number of amides is 1. The number of carbonyl (C=O) groups is 2. The van der Waals surface area contributed by atoms with E-state index in [0.29, 0.717) is 18.8 Å². The summed E-state index contributed by atoms with van der Waals surface area (Å²) in [5.74, 6) is 1.76. The lowest BCUT2D eigenvalue weighted by Crippen LogP contribution is -2.25. The third-order valence-corrected chi connectivity index (χ3v) is 2.63. The number of carboxylic acids is 1. The van der Waals surface area contributed by atoms with Gasteiger partial charge in [0.15, 0.2) is 0 Å². The number of carbonyl (C=O) groups excluding carboxylic acids is 1. The minimum atomic E-state index is -1.04. The van der Waals surface area contributed by atoms with Crippen LogP contribution in [0.4, 0.5) is 5.82 Å². The van der Waals surface area contributed by atoms with E-state index in [9.17, 15) is 9.59 Å². The first-order chi connectivity index (χ1) is 8.11. The van der Waals surface area contributed by atoms with E-state index in [4.69, 9.17) is 11.5 Å². The first-order valence-electron chi connectivity index (χ1n) is 5.07. The molecular weight excluding hydrogens is 220 g/mol. The van der Waals surface area contributed by atoms with Crippen molar-refractivity contribution in [1.29, 1.82) is 0 Å². The molecule has 1 atom stereocenters. The number of carboxylic acid groups (broad SMARTS) is 1. The molecular formula is C12H10N2O3. The number of rotatable bonds is 2. The van der Waals surface area contributed by atoms with Gasteiger partial charge in [0.05, 0.1) is 5.56 Å². The lowest BCUT2D eigenvalue weighted by Gasteiger charge is -2.14. The maximum absolute atomic E-state index is 11.6. The van der Waals surface area contributed by atoms with E-state index < -0.39 is 5.97 Å². The fourth-order valence-corrected chi connectivity index (χ4v) is 1.71. The number of anilines is 1. The Morgan fingerprint density at radius 2 is 2.35 bits per heavy atom. The summed E-state index contributed by atoms with van der Waals surface area (Å²) in [6, 6.07) is 2.93. The molecule has 1 aliphatic heterocycles. The summed E-state index contributed by atoms with van der Waals surface area (Å²) in [7, 11) is 0. The van der Waals surface area contributed by atoms with E-state index in [1.54, 1.807) is 0 Å². The summed E-state index contributed by atoms with van der Waals surface area (Å²) in [5.41, 5.74) is 0.0916. The Morgan fingerprint density at radius 3 is 2.82 bits per heavy atom. The predicted octanol–water partition coefficient (Wildman–Crippen LogP) is 0.766. The Labute approximate surface area is 98.1 Å². The zero-order valence-electron chi connectivity index (χ0n) is 8.96. The quantitative estimate of drug-likeness (QED) is 0.762. The Kier molecular flexibility index (Phi) is 2.79. The monoisotopic (exact) mass is 230 g/mol. The highest BCUT2D eigenvalue weighted by atomic mass is 16.4. The van der Waals surface area contributed by atoms with Gasteiger partial charge in [0.1, 0.15) is 5.82 Å². The van der Waals surface area contributed by atoms with Crippen LogP contribution in [0.15, 0.2) is 18.3 Å². The van der Waals surface area contributed by atoms with Crippen LogP contribution in [0.2, 0.25) is 0 Å². The molecule has 0 aliphatic carbocycles. The standard InChI is InChI=1S/C12H10N2O3/c1-2-8-5-11(15)14(7-8)10-4-3-9(6-13-10)12(16)17/h1,3-4,6,8H,5,7H2,(H,16,17). The zero-order valence-corrected chi connectivity index (χ0v) is 8.96. The molecule has 0 radical (unpaired) electrons. The molecule has 5 heteroatoms. The molecule has 17 heavy (non-hydrogen) atoms. The van der Waals surface area contributed by atoms with Gasteiger partial charge in [0, 0.05) is 25.1 Å². The van der Waals surface area contributed by atoms with Crippen LogP contribution in [0.3, 0.4) is 0 Å². The van der Waals surface area contributed by atoms with Crippen molar-refractivity contribution in [2.45, 2.75) is 6.42 Å². The van der Waals surface area contributed by atoms with Crippen molar-refractivity contribution in [1.82, 2.24) is 4.98 Å². The zero-order chi connectivity index (χ0) is 12.4. The van der Waals surface area contributed by atoms with E-state index in [2.05, 4.69) is 10.9 Å². The van der Waals surface area contributed by atoms with Crippen LogP contribution >= 0.6 is 0 Å². The Balaban J connectivity index is 2.21. The van der Waals surface area contributed by atoms with Gasteiger partial charge in [-0.25, -0.2) is 9.78 Å². The van der Waals surface area contributed by atoms with E-state index in [1.165, 1.54) is 23.2 Å². The molecule has 5 nitrogen and oxygen atoms in total. The summed E-state index contributed by atoms with van der Waals surface area (Å²) < 4.78 is 0. The predicted molar refractivity (Wildman–Crippen MR) is 60.5 cm³/mol. The van der Waals surface area contributed by atoms with Gasteiger partial charge in [-0.2, -0.15) is 0 Å². The summed E-state index contributed by atoms with van der Waals surface area (Å²) in [4.78, 5) is 27.7. The van der Waals surface area contributed by atoms with E-state index >= 15 is 0 Å². The smallest absolute Gasteiger partial charge is 0.337 e. The molecule has 0 saturated carbocycles. The SMILES string of the molecule is C#CC1CC(=O)N(c2ccc(C(=O)O)cn2)C1. The van der Waals surface area contributed by atoms with Crippen LogP contribution in [-0.4, -0.2) is 28.5 Å². The van der Waals surface area contributed by atoms with Crippen molar-refractivity contribution < 1.29 is 14.7 Å². The normalized spacial score (nSPS) is 19.1. The highest BCUT2D eigenvalue weighted by Gasteiger charge is 2.30. The van der Waals surface area contributed by atoms with Crippen LogP contribution in [0.1, 0.15) is 16.8 Å². The molecule has 1 fully saturated rings. The molecule has 0 aromatic carbocycles.